The van der Waals surface area contributed by atoms with Gasteiger partial charge >= 0.3 is 7.60 Å². The Morgan fingerprint density at radius 3 is 2.26 bits per heavy atom. The first-order valence-corrected chi connectivity index (χ1v) is 16.0. The number of likely N-dealkylation sites (N-methyl/N-ethyl adjacent to an activating group) is 1. The highest BCUT2D eigenvalue weighted by Gasteiger charge is 2.27. The molecule has 0 aliphatic carbocycles. The van der Waals surface area contributed by atoms with Crippen molar-refractivity contribution in [2.24, 2.45) is 0 Å². The molecular formula is C29H39ClN7O4P. The van der Waals surface area contributed by atoms with Crippen molar-refractivity contribution in [3.8, 4) is 5.75 Å². The van der Waals surface area contributed by atoms with E-state index in [4.69, 9.17) is 25.4 Å². The number of aromatic nitrogens is 2. The zero-order valence-electron chi connectivity index (χ0n) is 24.5. The van der Waals surface area contributed by atoms with E-state index in [2.05, 4.69) is 54.5 Å². The number of hydrogen-bond donors (Lipinski definition) is 2. The van der Waals surface area contributed by atoms with E-state index in [1.165, 1.54) is 33.3 Å². The number of ether oxygens (including phenoxy) is 1. The van der Waals surface area contributed by atoms with Gasteiger partial charge in [-0.2, -0.15) is 4.98 Å². The summed E-state index contributed by atoms with van der Waals surface area (Å²) in [5, 5.41) is 7.25. The van der Waals surface area contributed by atoms with Crippen LogP contribution in [-0.2, 0) is 13.6 Å². The molecule has 2 saturated heterocycles. The van der Waals surface area contributed by atoms with Crippen LogP contribution in [0.3, 0.4) is 0 Å². The number of piperidine rings is 1. The van der Waals surface area contributed by atoms with Crippen LogP contribution in [0.2, 0.25) is 5.02 Å². The summed E-state index contributed by atoms with van der Waals surface area (Å²) in [7, 11) is 3.24. The summed E-state index contributed by atoms with van der Waals surface area (Å²) in [5.74, 6) is 1.49. The zero-order chi connectivity index (χ0) is 29.7. The van der Waals surface area contributed by atoms with Crippen molar-refractivity contribution < 1.29 is 18.3 Å². The molecule has 1 aromatic heterocycles. The van der Waals surface area contributed by atoms with E-state index in [0.29, 0.717) is 39.6 Å². The summed E-state index contributed by atoms with van der Waals surface area (Å²) in [4.78, 5) is 16.4. The van der Waals surface area contributed by atoms with Gasteiger partial charge in [-0.1, -0.05) is 11.6 Å². The first-order chi connectivity index (χ1) is 20.3. The highest BCUT2D eigenvalue weighted by atomic mass is 35.5. The quantitative estimate of drug-likeness (QED) is 0.303. The predicted molar refractivity (Wildman–Crippen MR) is 169 cm³/mol. The Bertz CT molecular complexity index is 1390. The largest absolute Gasteiger partial charge is 0.494 e. The summed E-state index contributed by atoms with van der Waals surface area (Å²) in [6.45, 7) is 6.69. The van der Waals surface area contributed by atoms with Gasteiger partial charge in [0.15, 0.2) is 5.82 Å². The van der Waals surface area contributed by atoms with E-state index in [0.717, 1.165) is 50.6 Å². The number of piperazine rings is 1. The number of anilines is 5. The van der Waals surface area contributed by atoms with Crippen LogP contribution >= 0.6 is 19.2 Å². The fourth-order valence-corrected chi connectivity index (χ4v) is 6.66. The molecule has 2 aliphatic heterocycles. The number of benzene rings is 2. The molecule has 0 saturated carbocycles. The molecule has 2 aromatic carbocycles. The number of nitrogens with one attached hydrogen (secondary N) is 2. The SMILES string of the molecule is COc1cc(N2CCC(N3CCN(C)CC3)CC2)ccc1Nc1ncc(Cl)c(Nc2ccc(P(=O)(OC)OC)cc2)n1. The topological polar surface area (TPSA) is 104 Å². The average molecular weight is 616 g/mol. The second-order valence-corrected chi connectivity index (χ2v) is 13.1. The Labute approximate surface area is 252 Å². The van der Waals surface area contributed by atoms with Crippen LogP contribution in [0.5, 0.6) is 5.75 Å². The van der Waals surface area contributed by atoms with E-state index in [1.807, 2.05) is 6.07 Å². The Balaban J connectivity index is 1.23. The lowest BCUT2D eigenvalue weighted by atomic mass is 10.0. The van der Waals surface area contributed by atoms with Crippen LogP contribution in [-0.4, -0.2) is 93.5 Å². The molecule has 3 aromatic rings. The standard InChI is InChI=1S/C29H39ClN7O4P/c1-35-15-17-37(18-16-35)22-11-13-36(14-12-22)23-7-10-26(27(19-23)39-2)33-29-31-20-25(30)28(34-29)32-21-5-8-24(9-6-21)42(38,40-3)41-4/h5-10,19-20,22H,11-18H2,1-4H3,(H2,31,32,33,34). The van der Waals surface area contributed by atoms with Crippen molar-refractivity contribution in [1.82, 2.24) is 19.8 Å². The van der Waals surface area contributed by atoms with Crippen LogP contribution in [0.15, 0.2) is 48.7 Å². The van der Waals surface area contributed by atoms with E-state index < -0.39 is 7.60 Å². The summed E-state index contributed by atoms with van der Waals surface area (Å²) in [6.07, 6.45) is 3.87. The van der Waals surface area contributed by atoms with Crippen LogP contribution in [0, 0.1) is 0 Å². The minimum atomic E-state index is -3.33. The Morgan fingerprint density at radius 2 is 1.62 bits per heavy atom. The smallest absolute Gasteiger partial charge is 0.360 e. The summed E-state index contributed by atoms with van der Waals surface area (Å²) in [5.41, 5.74) is 2.59. The molecule has 226 valence electrons. The van der Waals surface area contributed by atoms with Crippen LogP contribution in [0.4, 0.5) is 28.8 Å². The molecule has 5 rings (SSSR count). The Morgan fingerprint density at radius 1 is 0.929 bits per heavy atom. The number of halogens is 1. The maximum Gasteiger partial charge on any atom is 0.360 e. The fourth-order valence-electron chi connectivity index (χ4n) is 5.44. The molecule has 13 heteroatoms. The van der Waals surface area contributed by atoms with Crippen LogP contribution in [0.1, 0.15) is 12.8 Å². The van der Waals surface area contributed by atoms with Crippen LogP contribution < -0.4 is 25.6 Å². The molecule has 2 fully saturated rings. The maximum atomic E-state index is 12.6. The molecule has 11 nitrogen and oxygen atoms in total. The fraction of sp³-hybridized carbons (Fsp3) is 0.448. The highest BCUT2D eigenvalue weighted by Crippen LogP contribution is 2.45. The third-order valence-corrected chi connectivity index (χ3v) is 10.2. The van der Waals surface area contributed by atoms with Gasteiger partial charge in [0, 0.05) is 77.0 Å². The van der Waals surface area contributed by atoms with E-state index in [1.54, 1.807) is 31.4 Å². The van der Waals surface area contributed by atoms with E-state index >= 15 is 0 Å². The van der Waals surface area contributed by atoms with Gasteiger partial charge in [-0.25, -0.2) is 4.98 Å². The van der Waals surface area contributed by atoms with Gasteiger partial charge in [-0.05, 0) is 56.3 Å². The van der Waals surface area contributed by atoms with Crippen LogP contribution in [0.25, 0.3) is 0 Å². The van der Waals surface area contributed by atoms with E-state index in [9.17, 15) is 4.57 Å². The monoisotopic (exact) mass is 615 g/mol. The summed E-state index contributed by atoms with van der Waals surface area (Å²) in [6, 6.07) is 13.7. The Kier molecular flexibility index (Phi) is 9.88. The van der Waals surface area contributed by atoms with Gasteiger partial charge in [-0.15, -0.1) is 0 Å². The summed E-state index contributed by atoms with van der Waals surface area (Å²) < 4.78 is 28.5. The Hall–Kier alpha value is -2.92. The van der Waals surface area contributed by atoms with Gasteiger partial charge in [0.25, 0.3) is 0 Å². The van der Waals surface area contributed by atoms with Gasteiger partial charge in [0.2, 0.25) is 5.95 Å². The zero-order valence-corrected chi connectivity index (χ0v) is 26.2. The number of nitrogens with zero attached hydrogens (tertiary/aromatic N) is 5. The third-order valence-electron chi connectivity index (χ3n) is 7.99. The number of methoxy groups -OCH3 is 1. The molecule has 0 spiro atoms. The number of rotatable bonds is 10. The maximum absolute atomic E-state index is 12.6. The van der Waals surface area contributed by atoms with Gasteiger partial charge in [0.1, 0.15) is 10.8 Å². The summed E-state index contributed by atoms with van der Waals surface area (Å²) >= 11 is 6.39. The van der Waals surface area contributed by atoms with Crippen molar-refractivity contribution in [1.29, 1.82) is 0 Å². The minimum Gasteiger partial charge on any atom is -0.494 e. The lowest BCUT2D eigenvalue weighted by Gasteiger charge is -2.42. The molecule has 0 unspecified atom stereocenters. The molecule has 0 radical (unpaired) electrons. The molecular weight excluding hydrogens is 577 g/mol. The lowest BCUT2D eigenvalue weighted by Crippen LogP contribution is -2.52. The van der Waals surface area contributed by atoms with Gasteiger partial charge in [-0.3, -0.25) is 9.46 Å². The molecule has 3 heterocycles. The van der Waals surface area contributed by atoms with Crippen molar-refractivity contribution in [3.05, 3.63) is 53.7 Å². The third kappa shape index (κ3) is 6.99. The molecule has 0 amide bonds. The molecule has 42 heavy (non-hydrogen) atoms. The normalized spacial score (nSPS) is 17.3. The molecule has 2 N–H and O–H groups in total. The minimum absolute atomic E-state index is 0.353. The second kappa shape index (κ2) is 13.6. The molecule has 0 atom stereocenters. The van der Waals surface area contributed by atoms with Gasteiger partial charge < -0.3 is 34.2 Å². The lowest BCUT2D eigenvalue weighted by molar-refractivity contribution is 0.0982. The number of hydrogen-bond acceptors (Lipinski definition) is 11. The van der Waals surface area contributed by atoms with Crippen molar-refractivity contribution in [2.75, 3.05) is 83.2 Å². The highest BCUT2D eigenvalue weighted by molar-refractivity contribution is 7.62. The predicted octanol–water partition coefficient (Wildman–Crippen LogP) is 4.95. The first-order valence-electron chi connectivity index (χ1n) is 14.1. The van der Waals surface area contributed by atoms with Crippen molar-refractivity contribution in [2.45, 2.75) is 18.9 Å². The van der Waals surface area contributed by atoms with Crippen molar-refractivity contribution >= 4 is 53.3 Å². The van der Waals surface area contributed by atoms with Crippen molar-refractivity contribution in [3.63, 3.8) is 0 Å². The molecule has 2 aliphatic rings. The average Bonchev–Trinajstić information content (AvgIpc) is 3.03. The van der Waals surface area contributed by atoms with Gasteiger partial charge in [0.05, 0.1) is 24.3 Å². The molecule has 0 bridgehead atoms. The second-order valence-electron chi connectivity index (χ2n) is 10.5. The van der Waals surface area contributed by atoms with E-state index in [-0.39, 0.29) is 0 Å². The first kappa shape index (κ1) is 30.5.